The van der Waals surface area contributed by atoms with Gasteiger partial charge in [0, 0.05) is 12.0 Å². The van der Waals surface area contributed by atoms with Gasteiger partial charge in [-0.1, -0.05) is 30.3 Å². The van der Waals surface area contributed by atoms with E-state index in [0.29, 0.717) is 23.5 Å². The number of amides is 1. The van der Waals surface area contributed by atoms with Gasteiger partial charge in [-0.15, -0.1) is 12.3 Å². The maximum atomic E-state index is 12.4. The van der Waals surface area contributed by atoms with Gasteiger partial charge in [0.2, 0.25) is 6.79 Å². The monoisotopic (exact) mass is 293 g/mol. The van der Waals surface area contributed by atoms with E-state index < -0.39 is 0 Å². The Morgan fingerprint density at radius 2 is 1.95 bits per heavy atom. The van der Waals surface area contributed by atoms with E-state index >= 15 is 0 Å². The highest BCUT2D eigenvalue weighted by Gasteiger charge is 2.18. The van der Waals surface area contributed by atoms with E-state index in [-0.39, 0.29) is 18.7 Å². The van der Waals surface area contributed by atoms with Gasteiger partial charge in [0.25, 0.3) is 5.91 Å². The summed E-state index contributed by atoms with van der Waals surface area (Å²) in [5.41, 5.74) is 1.50. The molecule has 0 saturated heterocycles. The van der Waals surface area contributed by atoms with Crippen LogP contribution in [-0.4, -0.2) is 12.7 Å². The maximum Gasteiger partial charge on any atom is 0.251 e. The molecule has 1 heterocycles. The summed E-state index contributed by atoms with van der Waals surface area (Å²) in [5.74, 6) is 3.65. The second-order valence-corrected chi connectivity index (χ2v) is 4.91. The average molecular weight is 293 g/mol. The molecule has 0 radical (unpaired) electrons. The van der Waals surface area contributed by atoms with Crippen molar-refractivity contribution in [1.29, 1.82) is 0 Å². The van der Waals surface area contributed by atoms with Crippen LogP contribution >= 0.6 is 0 Å². The van der Waals surface area contributed by atoms with Gasteiger partial charge < -0.3 is 14.8 Å². The molecule has 1 aliphatic heterocycles. The molecule has 0 saturated carbocycles. The first-order valence-corrected chi connectivity index (χ1v) is 6.97. The smallest absolute Gasteiger partial charge is 0.251 e. The molecule has 4 heteroatoms. The lowest BCUT2D eigenvalue weighted by Crippen LogP contribution is -2.28. The van der Waals surface area contributed by atoms with E-state index in [9.17, 15) is 4.79 Å². The quantitative estimate of drug-likeness (QED) is 0.882. The van der Waals surface area contributed by atoms with Crippen molar-refractivity contribution in [3.05, 3.63) is 59.7 Å². The van der Waals surface area contributed by atoms with Gasteiger partial charge >= 0.3 is 0 Å². The first-order valence-electron chi connectivity index (χ1n) is 6.97. The van der Waals surface area contributed by atoms with Gasteiger partial charge in [0.15, 0.2) is 11.5 Å². The molecule has 1 N–H and O–H groups in total. The standard InChI is InChI=1S/C18H15NO3/c1-2-6-15(13-7-4-3-5-8-13)19-18(20)14-9-10-16-17(11-14)22-12-21-16/h1,3-5,7-11,15H,6,12H2,(H,19,20)/t15-/m0/s1. The second-order valence-electron chi connectivity index (χ2n) is 4.91. The van der Waals surface area contributed by atoms with Crippen LogP contribution in [0.25, 0.3) is 0 Å². The van der Waals surface area contributed by atoms with Gasteiger partial charge in [-0.05, 0) is 23.8 Å². The third-order valence-electron chi connectivity index (χ3n) is 3.46. The topological polar surface area (TPSA) is 47.6 Å². The molecule has 0 aliphatic carbocycles. The third kappa shape index (κ3) is 2.89. The van der Waals surface area contributed by atoms with Crippen LogP contribution in [0.15, 0.2) is 48.5 Å². The Kier molecular flexibility index (Phi) is 3.97. The Labute approximate surface area is 129 Å². The number of hydrogen-bond acceptors (Lipinski definition) is 3. The Morgan fingerprint density at radius 1 is 1.18 bits per heavy atom. The first kappa shape index (κ1) is 14.0. The maximum absolute atomic E-state index is 12.4. The van der Waals surface area contributed by atoms with Gasteiger partial charge in [0.1, 0.15) is 0 Å². The van der Waals surface area contributed by atoms with Gasteiger partial charge in [-0.25, -0.2) is 0 Å². The van der Waals surface area contributed by atoms with Crippen molar-refractivity contribution in [2.45, 2.75) is 12.5 Å². The molecule has 3 rings (SSSR count). The number of ether oxygens (including phenoxy) is 2. The molecule has 1 atom stereocenters. The van der Waals surface area contributed by atoms with Crippen molar-refractivity contribution in [1.82, 2.24) is 5.32 Å². The number of carbonyl (C=O) groups is 1. The molecule has 0 spiro atoms. The summed E-state index contributed by atoms with van der Waals surface area (Å²) in [7, 11) is 0. The molecule has 1 amide bonds. The predicted molar refractivity (Wildman–Crippen MR) is 82.7 cm³/mol. The molecule has 0 fully saturated rings. The van der Waals surface area contributed by atoms with Crippen molar-refractivity contribution < 1.29 is 14.3 Å². The van der Waals surface area contributed by atoms with Crippen molar-refractivity contribution in [3.63, 3.8) is 0 Å². The Bertz CT molecular complexity index is 719. The number of benzene rings is 2. The number of nitrogens with one attached hydrogen (secondary N) is 1. The van der Waals surface area contributed by atoms with Crippen LogP contribution in [0.1, 0.15) is 28.4 Å². The fourth-order valence-corrected chi connectivity index (χ4v) is 2.33. The zero-order chi connectivity index (χ0) is 15.4. The highest BCUT2D eigenvalue weighted by Crippen LogP contribution is 2.32. The van der Waals surface area contributed by atoms with E-state index in [1.165, 1.54) is 0 Å². The minimum absolute atomic E-state index is 0.185. The number of rotatable bonds is 4. The summed E-state index contributed by atoms with van der Waals surface area (Å²) in [4.78, 5) is 12.4. The van der Waals surface area contributed by atoms with Crippen molar-refractivity contribution in [3.8, 4) is 23.8 Å². The van der Waals surface area contributed by atoms with Gasteiger partial charge in [-0.2, -0.15) is 0 Å². The molecular weight excluding hydrogens is 278 g/mol. The zero-order valence-electron chi connectivity index (χ0n) is 11.9. The van der Waals surface area contributed by atoms with E-state index in [1.54, 1.807) is 18.2 Å². The minimum Gasteiger partial charge on any atom is -0.454 e. The van der Waals surface area contributed by atoms with E-state index in [2.05, 4.69) is 11.2 Å². The largest absolute Gasteiger partial charge is 0.454 e. The second kappa shape index (κ2) is 6.23. The van der Waals surface area contributed by atoms with E-state index in [4.69, 9.17) is 15.9 Å². The minimum atomic E-state index is -0.218. The molecular formula is C18H15NO3. The zero-order valence-corrected chi connectivity index (χ0v) is 11.9. The normalized spacial score (nSPS) is 13.2. The molecule has 0 unspecified atom stereocenters. The van der Waals surface area contributed by atoms with E-state index in [0.717, 1.165) is 5.56 Å². The number of terminal acetylenes is 1. The molecule has 22 heavy (non-hydrogen) atoms. The van der Waals surface area contributed by atoms with E-state index in [1.807, 2.05) is 30.3 Å². The summed E-state index contributed by atoms with van der Waals surface area (Å²) >= 11 is 0. The summed E-state index contributed by atoms with van der Waals surface area (Å²) < 4.78 is 10.5. The summed E-state index contributed by atoms with van der Waals surface area (Å²) in [6, 6.07) is 14.6. The molecule has 0 bridgehead atoms. The molecule has 0 aromatic heterocycles. The van der Waals surface area contributed by atoms with Crippen LogP contribution in [0.5, 0.6) is 11.5 Å². The highest BCUT2D eigenvalue weighted by molar-refractivity contribution is 5.95. The Morgan fingerprint density at radius 3 is 2.73 bits per heavy atom. The fourth-order valence-electron chi connectivity index (χ4n) is 2.33. The Hall–Kier alpha value is -2.93. The van der Waals surface area contributed by atoms with Crippen LogP contribution in [-0.2, 0) is 0 Å². The molecule has 2 aromatic carbocycles. The van der Waals surface area contributed by atoms with Gasteiger partial charge in [-0.3, -0.25) is 4.79 Å². The fraction of sp³-hybridized carbons (Fsp3) is 0.167. The number of fused-ring (bicyclic) bond motifs is 1. The summed E-state index contributed by atoms with van der Waals surface area (Å²) in [6.07, 6.45) is 5.85. The highest BCUT2D eigenvalue weighted by atomic mass is 16.7. The third-order valence-corrected chi connectivity index (χ3v) is 3.46. The number of carbonyl (C=O) groups excluding carboxylic acids is 1. The average Bonchev–Trinajstić information content (AvgIpc) is 3.02. The van der Waals surface area contributed by atoms with Crippen LogP contribution in [0.2, 0.25) is 0 Å². The molecule has 110 valence electrons. The number of hydrogen-bond donors (Lipinski definition) is 1. The molecule has 1 aliphatic rings. The molecule has 2 aromatic rings. The van der Waals surface area contributed by atoms with Crippen LogP contribution < -0.4 is 14.8 Å². The van der Waals surface area contributed by atoms with Gasteiger partial charge in [0.05, 0.1) is 6.04 Å². The van der Waals surface area contributed by atoms with Crippen molar-refractivity contribution in [2.75, 3.05) is 6.79 Å². The molecule has 4 nitrogen and oxygen atoms in total. The lowest BCUT2D eigenvalue weighted by molar-refractivity contribution is 0.0937. The lowest BCUT2D eigenvalue weighted by Gasteiger charge is -2.17. The van der Waals surface area contributed by atoms with Crippen molar-refractivity contribution >= 4 is 5.91 Å². The summed E-state index contributed by atoms with van der Waals surface area (Å²) in [6.45, 7) is 0.185. The lowest BCUT2D eigenvalue weighted by atomic mass is 10.0. The summed E-state index contributed by atoms with van der Waals surface area (Å²) in [5, 5.41) is 2.96. The van der Waals surface area contributed by atoms with Crippen LogP contribution in [0.4, 0.5) is 0 Å². The SMILES string of the molecule is C#CC[C@H](NC(=O)c1ccc2c(c1)OCO2)c1ccccc1. The van der Waals surface area contributed by atoms with Crippen LogP contribution in [0, 0.1) is 12.3 Å². The van der Waals surface area contributed by atoms with Crippen LogP contribution in [0.3, 0.4) is 0 Å². The Balaban J connectivity index is 1.78. The van der Waals surface area contributed by atoms with Crippen molar-refractivity contribution in [2.24, 2.45) is 0 Å². The first-order chi connectivity index (χ1) is 10.8. The predicted octanol–water partition coefficient (Wildman–Crippen LogP) is 2.91.